The smallest absolute Gasteiger partial charge is 0.177 e. The van der Waals surface area contributed by atoms with Crippen molar-refractivity contribution in [3.63, 3.8) is 0 Å². The van der Waals surface area contributed by atoms with Gasteiger partial charge < -0.3 is 9.47 Å². The molecule has 0 amide bonds. The van der Waals surface area contributed by atoms with E-state index in [0.717, 1.165) is 34.4 Å². The molecule has 0 spiro atoms. The lowest BCUT2D eigenvalue weighted by molar-refractivity contribution is 0.239. The number of hydrogen-bond acceptors (Lipinski definition) is 4. The summed E-state index contributed by atoms with van der Waals surface area (Å²) < 4.78 is 12.2. The van der Waals surface area contributed by atoms with E-state index in [1.165, 1.54) is 5.56 Å². The minimum Gasteiger partial charge on any atom is -0.457 e. The van der Waals surface area contributed by atoms with Crippen LogP contribution in [0.4, 0.5) is 11.4 Å². The van der Waals surface area contributed by atoms with Gasteiger partial charge in [0.05, 0.1) is 0 Å². The van der Waals surface area contributed by atoms with Crippen molar-refractivity contribution in [3.05, 3.63) is 109 Å². The molecule has 0 aromatic heterocycles. The van der Waals surface area contributed by atoms with Crippen molar-refractivity contribution in [3.8, 4) is 23.0 Å². The quantitative estimate of drug-likeness (QED) is 0.250. The average molecular weight is 427 g/mol. The number of nitrogens with one attached hydrogen (secondary N) is 2. The summed E-state index contributed by atoms with van der Waals surface area (Å²) in [5.41, 5.74) is 10.1. The maximum atomic E-state index is 6.04. The van der Waals surface area contributed by atoms with Crippen LogP contribution < -0.4 is 25.0 Å². The number of para-hydroxylation sites is 1. The number of nitrogens with zero attached hydrogens (tertiary/aromatic N) is 1. The third-order valence-corrected chi connectivity index (χ3v) is 5.35. The Hall–Kier alpha value is -3.64. The van der Waals surface area contributed by atoms with Gasteiger partial charge in [0.2, 0.25) is 0 Å². The molecule has 0 bridgehead atoms. The van der Waals surface area contributed by atoms with Gasteiger partial charge in [-0.15, -0.1) is 15.6 Å². The second-order valence-corrected chi connectivity index (χ2v) is 7.44. The Morgan fingerprint density at radius 3 is 1.31 bits per heavy atom. The molecule has 0 saturated carbocycles. The Morgan fingerprint density at radius 1 is 0.500 bits per heavy atom. The van der Waals surface area contributed by atoms with Gasteiger partial charge in [-0.2, -0.15) is 0 Å². The molecule has 0 heterocycles. The first-order chi connectivity index (χ1) is 15.6. The third kappa shape index (κ3) is 4.65. The zero-order valence-electron chi connectivity index (χ0n) is 18.6. The van der Waals surface area contributed by atoms with Crippen LogP contribution in [0.15, 0.2) is 103 Å². The molecule has 2 N–H and O–H groups in total. The van der Waals surface area contributed by atoms with Crippen molar-refractivity contribution >= 4 is 11.4 Å². The molecule has 0 radical (unpaired) electrons. The standard InChI is InChI=1S/C27H28N3O2/c1-21-9-13-24(14-10-21)31-26-17-19-27(20-18-26)32-25-15-11-23(12-16-25)30(28-2,29-3)22-7-5-4-6-8-22/h4-20,28-29H,1-3H3/q+1. The second kappa shape index (κ2) is 9.66. The second-order valence-electron chi connectivity index (χ2n) is 7.44. The van der Waals surface area contributed by atoms with Crippen LogP contribution in [0.3, 0.4) is 0 Å². The number of benzene rings is 4. The van der Waals surface area contributed by atoms with Crippen molar-refractivity contribution in [1.82, 2.24) is 15.6 Å². The number of aryl methyl sites for hydroxylation is 1. The van der Waals surface area contributed by atoms with Crippen LogP contribution in [0.5, 0.6) is 23.0 Å². The highest BCUT2D eigenvalue weighted by Gasteiger charge is 2.31. The molecule has 5 nitrogen and oxygen atoms in total. The highest BCUT2D eigenvalue weighted by atomic mass is 16.5. The largest absolute Gasteiger partial charge is 0.457 e. The number of quaternary nitrogens is 1. The molecule has 0 aliphatic rings. The lowest BCUT2D eigenvalue weighted by Gasteiger charge is -2.33. The van der Waals surface area contributed by atoms with Gasteiger partial charge in [0, 0.05) is 38.4 Å². The first kappa shape index (κ1) is 21.6. The predicted molar refractivity (Wildman–Crippen MR) is 130 cm³/mol. The molecule has 32 heavy (non-hydrogen) atoms. The summed E-state index contributed by atoms with van der Waals surface area (Å²) >= 11 is 0. The van der Waals surface area contributed by atoms with Crippen LogP contribution in [-0.2, 0) is 0 Å². The monoisotopic (exact) mass is 426 g/mol. The zero-order valence-corrected chi connectivity index (χ0v) is 18.6. The summed E-state index contributed by atoms with van der Waals surface area (Å²) in [6, 6.07) is 33.9. The van der Waals surface area contributed by atoms with E-state index in [1.54, 1.807) is 0 Å². The summed E-state index contributed by atoms with van der Waals surface area (Å²) in [5.74, 6) is 3.10. The van der Waals surface area contributed by atoms with Gasteiger partial charge in [-0.05, 0) is 55.5 Å². The van der Waals surface area contributed by atoms with Gasteiger partial charge in [-0.25, -0.2) is 0 Å². The van der Waals surface area contributed by atoms with Gasteiger partial charge in [0.15, 0.2) is 11.4 Å². The Balaban J connectivity index is 1.47. The van der Waals surface area contributed by atoms with E-state index < -0.39 is 0 Å². The van der Waals surface area contributed by atoms with E-state index >= 15 is 0 Å². The number of rotatable bonds is 8. The van der Waals surface area contributed by atoms with E-state index in [4.69, 9.17) is 9.47 Å². The van der Waals surface area contributed by atoms with Crippen molar-refractivity contribution < 1.29 is 9.47 Å². The third-order valence-electron chi connectivity index (χ3n) is 5.35. The van der Waals surface area contributed by atoms with Gasteiger partial charge in [-0.1, -0.05) is 35.9 Å². The Morgan fingerprint density at radius 2 is 0.875 bits per heavy atom. The summed E-state index contributed by atoms with van der Waals surface area (Å²) in [6.45, 7) is 2.06. The van der Waals surface area contributed by atoms with Crippen LogP contribution in [0.1, 0.15) is 5.56 Å². The molecule has 4 aromatic carbocycles. The maximum Gasteiger partial charge on any atom is 0.177 e. The Bertz CT molecular complexity index is 1120. The summed E-state index contributed by atoms with van der Waals surface area (Å²) in [7, 11) is 3.85. The summed E-state index contributed by atoms with van der Waals surface area (Å²) in [4.78, 5) is 0. The van der Waals surface area contributed by atoms with Crippen LogP contribution in [-0.4, -0.2) is 14.1 Å². The van der Waals surface area contributed by atoms with E-state index in [1.807, 2.05) is 105 Å². The lowest BCUT2D eigenvalue weighted by atomic mass is 10.2. The highest BCUT2D eigenvalue weighted by molar-refractivity contribution is 5.57. The van der Waals surface area contributed by atoms with Crippen molar-refractivity contribution in [2.24, 2.45) is 0 Å². The van der Waals surface area contributed by atoms with Crippen LogP contribution in [0, 0.1) is 6.92 Å². The van der Waals surface area contributed by atoms with E-state index in [-0.39, 0.29) is 0 Å². The molecule has 162 valence electrons. The van der Waals surface area contributed by atoms with Crippen LogP contribution in [0.25, 0.3) is 0 Å². The minimum atomic E-state index is 0.312. The highest BCUT2D eigenvalue weighted by Crippen LogP contribution is 2.32. The van der Waals surface area contributed by atoms with Gasteiger partial charge in [0.25, 0.3) is 0 Å². The SMILES string of the molecule is CN[N+](NC)(c1ccccc1)c1ccc(Oc2ccc(Oc3ccc(C)cc3)cc2)cc1. The lowest BCUT2D eigenvalue weighted by Crippen LogP contribution is -2.61. The Kier molecular flexibility index (Phi) is 6.52. The summed E-state index contributed by atoms with van der Waals surface area (Å²) in [5, 5.41) is 0. The van der Waals surface area contributed by atoms with Gasteiger partial charge >= 0.3 is 0 Å². The predicted octanol–water partition coefficient (Wildman–Crippen LogP) is 6.49. The first-order valence-electron chi connectivity index (χ1n) is 10.6. The molecule has 0 saturated heterocycles. The van der Waals surface area contributed by atoms with Crippen LogP contribution >= 0.6 is 0 Å². The van der Waals surface area contributed by atoms with Crippen molar-refractivity contribution in [2.45, 2.75) is 6.92 Å². The Labute approximate surface area is 189 Å². The zero-order chi connectivity index (χ0) is 22.4. The molecule has 0 aliphatic heterocycles. The summed E-state index contributed by atoms with van der Waals surface area (Å²) in [6.07, 6.45) is 0. The fourth-order valence-corrected chi connectivity index (χ4v) is 3.62. The maximum absolute atomic E-state index is 6.04. The molecule has 0 unspecified atom stereocenters. The molecule has 0 fully saturated rings. The normalized spacial score (nSPS) is 11.2. The van der Waals surface area contributed by atoms with Gasteiger partial charge in [0.1, 0.15) is 23.0 Å². The molecule has 4 aromatic rings. The van der Waals surface area contributed by atoms with Gasteiger partial charge in [-0.3, -0.25) is 0 Å². The molecule has 0 atom stereocenters. The minimum absolute atomic E-state index is 0.312. The fourth-order valence-electron chi connectivity index (χ4n) is 3.62. The van der Waals surface area contributed by atoms with E-state index in [0.29, 0.717) is 4.70 Å². The molecule has 5 heteroatoms. The van der Waals surface area contributed by atoms with E-state index in [2.05, 4.69) is 29.9 Å². The van der Waals surface area contributed by atoms with Crippen molar-refractivity contribution in [2.75, 3.05) is 14.1 Å². The molecular weight excluding hydrogens is 398 g/mol. The molecule has 0 aliphatic carbocycles. The fraction of sp³-hybridized carbons (Fsp3) is 0.111. The van der Waals surface area contributed by atoms with E-state index in [9.17, 15) is 0 Å². The average Bonchev–Trinajstić information content (AvgIpc) is 2.85. The molecule has 4 rings (SSSR count). The van der Waals surface area contributed by atoms with Crippen molar-refractivity contribution in [1.29, 1.82) is 0 Å². The number of hydrogen-bond donors (Lipinski definition) is 2. The topological polar surface area (TPSA) is 42.5 Å². The first-order valence-corrected chi connectivity index (χ1v) is 10.6. The van der Waals surface area contributed by atoms with Crippen LogP contribution in [0.2, 0.25) is 0 Å². The molecular formula is C27H28N3O2+. The number of ether oxygens (including phenoxy) is 2.